The largest absolute Gasteiger partial charge is 0.481 e. The van der Waals surface area contributed by atoms with E-state index in [4.69, 9.17) is 4.74 Å². The lowest BCUT2D eigenvalue weighted by Gasteiger charge is -2.46. The molecule has 1 aliphatic carbocycles. The Morgan fingerprint density at radius 1 is 1.06 bits per heavy atom. The zero-order chi connectivity index (χ0) is 26.1. The number of carbonyl (C=O) groups is 2. The fourth-order valence-electron chi connectivity index (χ4n) is 4.66. The molecule has 2 amide bonds. The lowest BCUT2D eigenvalue weighted by Crippen LogP contribution is -2.63. The van der Waals surface area contributed by atoms with Crippen molar-refractivity contribution < 1.29 is 23.1 Å². The lowest BCUT2D eigenvalue weighted by atomic mass is 9.81. The Labute approximate surface area is 211 Å². The molecule has 1 aromatic carbocycles. The predicted octanol–water partition coefficient (Wildman–Crippen LogP) is 4.04. The second-order valence-corrected chi connectivity index (χ2v) is 9.41. The summed E-state index contributed by atoms with van der Waals surface area (Å²) < 4.78 is 31.6. The molecule has 0 bridgehead atoms. The average Bonchev–Trinajstić information content (AvgIpc) is 2.84. The van der Waals surface area contributed by atoms with E-state index >= 15 is 0 Å². The van der Waals surface area contributed by atoms with Crippen LogP contribution in [0.5, 0.6) is 5.88 Å². The number of methoxy groups -OCH3 is 1. The molecule has 2 fully saturated rings. The maximum Gasteiger partial charge on any atom is 0.251 e. The number of likely N-dealkylation sites (tertiary alicyclic amines) is 1. The first-order valence-corrected chi connectivity index (χ1v) is 12.6. The highest BCUT2D eigenvalue weighted by Gasteiger charge is 2.35. The van der Waals surface area contributed by atoms with Crippen molar-refractivity contribution in [2.75, 3.05) is 26.7 Å². The van der Waals surface area contributed by atoms with Gasteiger partial charge < -0.3 is 15.4 Å². The maximum atomic E-state index is 13.2. The van der Waals surface area contributed by atoms with E-state index in [9.17, 15) is 18.4 Å². The van der Waals surface area contributed by atoms with E-state index in [1.807, 2.05) is 12.3 Å². The van der Waals surface area contributed by atoms with Gasteiger partial charge in [-0.05, 0) is 49.3 Å². The van der Waals surface area contributed by atoms with Crippen LogP contribution in [0.4, 0.5) is 8.78 Å². The quantitative estimate of drug-likeness (QED) is 0.597. The molecule has 9 heteroatoms. The van der Waals surface area contributed by atoms with Gasteiger partial charge in [0.2, 0.25) is 11.8 Å². The van der Waals surface area contributed by atoms with Gasteiger partial charge in [0.1, 0.15) is 11.6 Å². The lowest BCUT2D eigenvalue weighted by molar-refractivity contribution is -0.122. The van der Waals surface area contributed by atoms with E-state index in [-0.39, 0.29) is 24.1 Å². The molecule has 4 rings (SSSR count). The molecule has 36 heavy (non-hydrogen) atoms. The molecule has 0 radical (unpaired) electrons. The van der Waals surface area contributed by atoms with Crippen molar-refractivity contribution in [2.24, 2.45) is 0 Å². The minimum Gasteiger partial charge on any atom is -0.481 e. The van der Waals surface area contributed by atoms with Gasteiger partial charge in [-0.2, -0.15) is 0 Å². The summed E-state index contributed by atoms with van der Waals surface area (Å²) >= 11 is 0. The third kappa shape index (κ3) is 7.71. The van der Waals surface area contributed by atoms with Gasteiger partial charge in [-0.25, -0.2) is 13.8 Å². The van der Waals surface area contributed by atoms with Gasteiger partial charge >= 0.3 is 0 Å². The van der Waals surface area contributed by atoms with Crippen LogP contribution in [-0.2, 0) is 4.79 Å². The third-order valence-electron chi connectivity index (χ3n) is 6.46. The number of hydrogen-bond acceptors (Lipinski definition) is 5. The summed E-state index contributed by atoms with van der Waals surface area (Å²) in [6, 6.07) is 7.11. The first kappa shape index (κ1) is 27.5. The number of pyridine rings is 1. The average molecular weight is 503 g/mol. The van der Waals surface area contributed by atoms with Crippen molar-refractivity contribution in [1.29, 1.82) is 0 Å². The van der Waals surface area contributed by atoms with E-state index in [0.29, 0.717) is 23.9 Å². The van der Waals surface area contributed by atoms with Gasteiger partial charge in [0.15, 0.2) is 0 Å². The fraction of sp³-hybridized carbons (Fsp3) is 0.519. The van der Waals surface area contributed by atoms with Crippen LogP contribution in [0.25, 0.3) is 0 Å². The molecule has 2 heterocycles. The highest BCUT2D eigenvalue weighted by molar-refractivity contribution is 5.96. The minimum absolute atomic E-state index is 0.0459. The van der Waals surface area contributed by atoms with Crippen molar-refractivity contribution in [1.82, 2.24) is 20.5 Å². The number of ether oxygens (including phenoxy) is 1. The highest BCUT2D eigenvalue weighted by Crippen LogP contribution is 2.36. The summed E-state index contributed by atoms with van der Waals surface area (Å²) in [6.45, 7) is 5.58. The molecule has 2 aliphatic rings. The molecule has 1 aliphatic heterocycles. The Bertz CT molecular complexity index is 984. The molecule has 0 unspecified atom stereocenters. The van der Waals surface area contributed by atoms with Crippen LogP contribution in [0, 0.1) is 11.6 Å². The summed E-state index contributed by atoms with van der Waals surface area (Å²) in [4.78, 5) is 30.8. The van der Waals surface area contributed by atoms with E-state index < -0.39 is 17.5 Å². The summed E-state index contributed by atoms with van der Waals surface area (Å²) in [5.74, 6) is -1.54. The monoisotopic (exact) mass is 502 g/mol. The van der Waals surface area contributed by atoms with Crippen LogP contribution >= 0.6 is 0 Å². The number of rotatable bonds is 7. The van der Waals surface area contributed by atoms with E-state index in [0.717, 1.165) is 50.9 Å². The number of nitrogens with zero attached hydrogens (tertiary/aromatic N) is 2. The molecule has 0 atom stereocenters. The number of amides is 2. The molecule has 2 N–H and O–H groups in total. The number of benzene rings is 1. The minimum atomic E-state index is -0.839. The third-order valence-corrected chi connectivity index (χ3v) is 6.46. The predicted molar refractivity (Wildman–Crippen MR) is 134 cm³/mol. The van der Waals surface area contributed by atoms with Crippen LogP contribution in [-0.4, -0.2) is 60.5 Å². The topological polar surface area (TPSA) is 83.6 Å². The van der Waals surface area contributed by atoms with E-state index in [1.54, 1.807) is 7.11 Å². The fourth-order valence-corrected chi connectivity index (χ4v) is 4.66. The standard InChI is InChI=1S/C24H28F2N4O3.C3H8/c1-33-23-7-4-16(11-27-23)15-2-5-21(6-3-15)30-13-20(14-30)29-22(31)12-28-24(32)17-8-18(25)10-19(26)9-17;1-3-2/h4,7-11,15,20-21H,2-3,5-6,12-14H2,1H3,(H,28,32)(H,29,31);3H2,1-2H3. The molecule has 7 nitrogen and oxygen atoms in total. The van der Waals surface area contributed by atoms with Gasteiger partial charge in [-0.15, -0.1) is 0 Å². The van der Waals surface area contributed by atoms with Crippen LogP contribution in [0.1, 0.15) is 67.8 Å². The zero-order valence-electron chi connectivity index (χ0n) is 21.2. The van der Waals surface area contributed by atoms with Gasteiger partial charge in [0, 0.05) is 43.0 Å². The van der Waals surface area contributed by atoms with Crippen LogP contribution in [0.2, 0.25) is 0 Å². The van der Waals surface area contributed by atoms with Crippen LogP contribution in [0.3, 0.4) is 0 Å². The SMILES string of the molecule is CCC.COc1ccc(C2CCC(N3CC(NC(=O)CNC(=O)c4cc(F)cc(F)c4)C3)CC2)cn1. The second kappa shape index (κ2) is 13.3. The first-order chi connectivity index (χ1) is 17.3. The number of halogens is 2. The van der Waals surface area contributed by atoms with Crippen molar-refractivity contribution in [3.8, 4) is 5.88 Å². The van der Waals surface area contributed by atoms with Crippen molar-refractivity contribution >= 4 is 11.8 Å². The van der Waals surface area contributed by atoms with Crippen molar-refractivity contribution in [3.05, 3.63) is 59.3 Å². The van der Waals surface area contributed by atoms with E-state index in [1.165, 1.54) is 12.0 Å². The van der Waals surface area contributed by atoms with Gasteiger partial charge in [0.05, 0.1) is 19.7 Å². The molecule has 1 saturated heterocycles. The molecule has 1 aromatic heterocycles. The van der Waals surface area contributed by atoms with E-state index in [2.05, 4.69) is 40.4 Å². The Morgan fingerprint density at radius 2 is 1.69 bits per heavy atom. The Kier molecular flexibility index (Phi) is 10.2. The Morgan fingerprint density at radius 3 is 2.25 bits per heavy atom. The molecule has 2 aromatic rings. The first-order valence-electron chi connectivity index (χ1n) is 12.6. The summed E-state index contributed by atoms with van der Waals surface area (Å²) in [6.07, 6.45) is 7.59. The van der Waals surface area contributed by atoms with Crippen LogP contribution < -0.4 is 15.4 Å². The molecule has 196 valence electrons. The number of carbonyl (C=O) groups excluding carboxylic acids is 2. The molecular weight excluding hydrogens is 466 g/mol. The van der Waals surface area contributed by atoms with Gasteiger partial charge in [-0.3, -0.25) is 14.5 Å². The Balaban J connectivity index is 0.00000115. The summed E-state index contributed by atoms with van der Waals surface area (Å²) in [5.41, 5.74) is 1.10. The zero-order valence-corrected chi connectivity index (χ0v) is 21.2. The van der Waals surface area contributed by atoms with Crippen molar-refractivity contribution in [2.45, 2.75) is 64.0 Å². The highest BCUT2D eigenvalue weighted by atomic mass is 19.1. The summed E-state index contributed by atoms with van der Waals surface area (Å²) in [5, 5.41) is 5.29. The van der Waals surface area contributed by atoms with Crippen LogP contribution in [0.15, 0.2) is 36.5 Å². The Hall–Kier alpha value is -3.07. The normalized spacial score (nSPS) is 19.9. The second-order valence-electron chi connectivity index (χ2n) is 9.41. The maximum absolute atomic E-state index is 13.2. The van der Waals surface area contributed by atoms with Gasteiger partial charge in [-0.1, -0.05) is 26.3 Å². The number of nitrogens with one attached hydrogen (secondary N) is 2. The molecule has 0 spiro atoms. The van der Waals surface area contributed by atoms with Gasteiger partial charge in [0.25, 0.3) is 5.91 Å². The summed E-state index contributed by atoms with van der Waals surface area (Å²) in [7, 11) is 1.61. The van der Waals surface area contributed by atoms with Crippen molar-refractivity contribution in [3.63, 3.8) is 0 Å². The molecular formula is C27H36F2N4O3. The smallest absolute Gasteiger partial charge is 0.251 e. The number of aromatic nitrogens is 1. The molecule has 1 saturated carbocycles. The number of hydrogen-bond donors (Lipinski definition) is 2.